The highest BCUT2D eigenvalue weighted by Gasteiger charge is 2.36. The van der Waals surface area contributed by atoms with Crippen LogP contribution in [0.2, 0.25) is 0 Å². The van der Waals surface area contributed by atoms with Crippen molar-refractivity contribution in [2.24, 2.45) is 0 Å². The van der Waals surface area contributed by atoms with Crippen molar-refractivity contribution < 1.29 is 13.3 Å². The van der Waals surface area contributed by atoms with Gasteiger partial charge in [-0.1, -0.05) is 12.1 Å². The first-order valence-electron chi connectivity index (χ1n) is 6.24. The van der Waals surface area contributed by atoms with Gasteiger partial charge in [0.1, 0.15) is 0 Å². The van der Waals surface area contributed by atoms with E-state index in [2.05, 4.69) is 0 Å². The van der Waals surface area contributed by atoms with Crippen LogP contribution in [0.15, 0.2) is 29.2 Å². The molecule has 1 aromatic carbocycles. The third-order valence-corrected chi connectivity index (χ3v) is 5.45. The minimum atomic E-state index is -3.82. The van der Waals surface area contributed by atoms with Gasteiger partial charge in [0, 0.05) is 25.2 Å². The molecule has 0 spiro atoms. The fraction of sp³-hybridized carbons (Fsp3) is 0.500. The zero-order valence-corrected chi connectivity index (χ0v) is 12.2. The van der Waals surface area contributed by atoms with Crippen LogP contribution in [0.3, 0.4) is 0 Å². The summed E-state index contributed by atoms with van der Waals surface area (Å²) in [5.41, 5.74) is -0.374. The number of likely N-dealkylation sites (N-methyl/N-ethyl adjacent to an activating group) is 1. The summed E-state index contributed by atoms with van der Waals surface area (Å²) >= 11 is 0. The van der Waals surface area contributed by atoms with Crippen LogP contribution in [0.1, 0.15) is 6.42 Å². The van der Waals surface area contributed by atoms with E-state index in [9.17, 15) is 18.5 Å². The monoisotopic (exact) mass is 299 g/mol. The first-order valence-corrected chi connectivity index (χ1v) is 7.68. The Kier molecular flexibility index (Phi) is 4.07. The zero-order chi connectivity index (χ0) is 14.9. The number of rotatable bonds is 4. The highest BCUT2D eigenvalue weighted by molar-refractivity contribution is 7.89. The molecule has 2 rings (SSSR count). The highest BCUT2D eigenvalue weighted by Crippen LogP contribution is 2.29. The van der Waals surface area contributed by atoms with E-state index in [1.807, 2.05) is 19.0 Å². The van der Waals surface area contributed by atoms with E-state index in [1.54, 1.807) is 0 Å². The van der Waals surface area contributed by atoms with Gasteiger partial charge in [-0.15, -0.1) is 0 Å². The predicted molar refractivity (Wildman–Crippen MR) is 73.9 cm³/mol. The molecule has 1 aliphatic rings. The lowest BCUT2D eigenvalue weighted by Gasteiger charge is -2.20. The van der Waals surface area contributed by atoms with E-state index in [-0.39, 0.29) is 16.6 Å². The minimum Gasteiger partial charge on any atom is -0.305 e. The number of hydrogen-bond donors (Lipinski definition) is 0. The van der Waals surface area contributed by atoms with Gasteiger partial charge >= 0.3 is 0 Å². The molecule has 0 radical (unpaired) electrons. The number of hydrogen-bond acceptors (Lipinski definition) is 5. The maximum atomic E-state index is 12.5. The van der Waals surface area contributed by atoms with Gasteiger partial charge in [0.15, 0.2) is 4.90 Å². The SMILES string of the molecule is CN(C)[C@@H]1CCN(S(=O)(=O)c2ccccc2[N+](=O)[O-])C1. The molecule has 0 unspecified atom stereocenters. The van der Waals surface area contributed by atoms with Crippen molar-refractivity contribution in [2.45, 2.75) is 17.4 Å². The molecule has 20 heavy (non-hydrogen) atoms. The van der Waals surface area contributed by atoms with Crippen LogP contribution >= 0.6 is 0 Å². The Bertz CT molecular complexity index is 615. The molecule has 1 fully saturated rings. The predicted octanol–water partition coefficient (Wildman–Crippen LogP) is 0.919. The van der Waals surface area contributed by atoms with Crippen LogP contribution in [0.5, 0.6) is 0 Å². The second-order valence-corrected chi connectivity index (χ2v) is 6.90. The van der Waals surface area contributed by atoms with Gasteiger partial charge < -0.3 is 4.90 Å². The van der Waals surface area contributed by atoms with Crippen molar-refractivity contribution in [1.82, 2.24) is 9.21 Å². The highest BCUT2D eigenvalue weighted by atomic mass is 32.2. The first-order chi connectivity index (χ1) is 9.34. The minimum absolute atomic E-state index is 0.146. The standard InChI is InChI=1S/C12H17N3O4S/c1-13(2)10-7-8-14(9-10)20(18,19)12-6-4-3-5-11(12)15(16)17/h3-6,10H,7-9H2,1-2H3/t10-/m1/s1. The number of nitro groups is 1. The van der Waals surface area contributed by atoms with E-state index in [0.29, 0.717) is 13.1 Å². The third-order valence-electron chi connectivity index (χ3n) is 3.54. The lowest BCUT2D eigenvalue weighted by molar-refractivity contribution is -0.387. The van der Waals surface area contributed by atoms with Gasteiger partial charge in [-0.2, -0.15) is 4.31 Å². The van der Waals surface area contributed by atoms with E-state index in [1.165, 1.54) is 28.6 Å². The molecule has 1 aliphatic heterocycles. The molecule has 0 saturated carbocycles. The number of nitro benzene ring substituents is 1. The largest absolute Gasteiger partial charge is 0.305 e. The van der Waals surface area contributed by atoms with Crippen molar-refractivity contribution >= 4 is 15.7 Å². The van der Waals surface area contributed by atoms with Crippen molar-refractivity contribution in [3.05, 3.63) is 34.4 Å². The Labute approximate surface area is 118 Å². The van der Waals surface area contributed by atoms with Crippen molar-refractivity contribution in [3.63, 3.8) is 0 Å². The van der Waals surface area contributed by atoms with Gasteiger partial charge in [0.05, 0.1) is 4.92 Å². The number of sulfonamides is 1. The molecule has 0 aliphatic carbocycles. The van der Waals surface area contributed by atoms with Crippen molar-refractivity contribution in [2.75, 3.05) is 27.2 Å². The second kappa shape index (κ2) is 5.47. The van der Waals surface area contributed by atoms with Crippen molar-refractivity contribution in [3.8, 4) is 0 Å². The average Bonchev–Trinajstić information content (AvgIpc) is 2.89. The molecule has 1 saturated heterocycles. The Morgan fingerprint density at radius 2 is 2.00 bits per heavy atom. The van der Waals surface area contributed by atoms with Gasteiger partial charge in [-0.05, 0) is 26.6 Å². The van der Waals surface area contributed by atoms with E-state index < -0.39 is 14.9 Å². The Morgan fingerprint density at radius 1 is 1.35 bits per heavy atom. The Hall–Kier alpha value is -1.51. The van der Waals surface area contributed by atoms with E-state index in [4.69, 9.17) is 0 Å². The first kappa shape index (κ1) is 14.9. The van der Waals surface area contributed by atoms with Gasteiger partial charge in [-0.3, -0.25) is 10.1 Å². The van der Waals surface area contributed by atoms with Crippen LogP contribution in [-0.2, 0) is 10.0 Å². The summed E-state index contributed by atoms with van der Waals surface area (Å²) in [5, 5.41) is 11.0. The maximum Gasteiger partial charge on any atom is 0.289 e. The molecule has 0 amide bonds. The molecule has 1 aromatic rings. The van der Waals surface area contributed by atoms with Crippen LogP contribution in [-0.4, -0.2) is 55.8 Å². The molecule has 110 valence electrons. The van der Waals surface area contributed by atoms with Crippen LogP contribution in [0, 0.1) is 10.1 Å². The summed E-state index contributed by atoms with van der Waals surface area (Å²) in [6.45, 7) is 0.749. The summed E-state index contributed by atoms with van der Waals surface area (Å²) in [5.74, 6) is 0. The number of nitrogens with zero attached hydrogens (tertiary/aromatic N) is 3. The molecule has 1 atom stereocenters. The summed E-state index contributed by atoms with van der Waals surface area (Å²) in [6.07, 6.45) is 0.729. The maximum absolute atomic E-state index is 12.5. The van der Waals surface area contributed by atoms with Gasteiger partial charge in [0.2, 0.25) is 10.0 Å². The lowest BCUT2D eigenvalue weighted by atomic mass is 10.2. The summed E-state index contributed by atoms with van der Waals surface area (Å²) in [4.78, 5) is 12.0. The van der Waals surface area contributed by atoms with E-state index in [0.717, 1.165) is 6.42 Å². The second-order valence-electron chi connectivity index (χ2n) is 4.99. The number of para-hydroxylation sites is 1. The quantitative estimate of drug-likeness (QED) is 0.610. The summed E-state index contributed by atoms with van der Waals surface area (Å²) < 4.78 is 26.4. The normalized spacial score (nSPS) is 20.4. The van der Waals surface area contributed by atoms with Crippen molar-refractivity contribution in [1.29, 1.82) is 0 Å². The fourth-order valence-electron chi connectivity index (χ4n) is 2.32. The van der Waals surface area contributed by atoms with Gasteiger partial charge in [-0.25, -0.2) is 8.42 Å². The summed E-state index contributed by atoms with van der Waals surface area (Å²) in [6, 6.07) is 5.61. The average molecular weight is 299 g/mol. The molecule has 1 heterocycles. The number of benzene rings is 1. The van der Waals surface area contributed by atoms with E-state index >= 15 is 0 Å². The topological polar surface area (TPSA) is 83.8 Å². The summed E-state index contributed by atoms with van der Waals surface area (Å²) in [7, 11) is -0.0266. The Balaban J connectivity index is 2.35. The molecule has 8 heteroatoms. The zero-order valence-electron chi connectivity index (χ0n) is 11.4. The molecular formula is C12H17N3O4S. The molecular weight excluding hydrogens is 282 g/mol. The van der Waals surface area contributed by atoms with Crippen LogP contribution < -0.4 is 0 Å². The van der Waals surface area contributed by atoms with Crippen LogP contribution in [0.4, 0.5) is 5.69 Å². The molecule has 7 nitrogen and oxygen atoms in total. The Morgan fingerprint density at radius 3 is 2.55 bits per heavy atom. The van der Waals surface area contributed by atoms with Crippen LogP contribution in [0.25, 0.3) is 0 Å². The molecule has 0 bridgehead atoms. The third kappa shape index (κ3) is 2.67. The van der Waals surface area contributed by atoms with Gasteiger partial charge in [0.25, 0.3) is 5.69 Å². The smallest absolute Gasteiger partial charge is 0.289 e. The fourth-order valence-corrected chi connectivity index (χ4v) is 3.97. The molecule has 0 aromatic heterocycles. The lowest BCUT2D eigenvalue weighted by Crippen LogP contribution is -2.34. The molecule has 0 N–H and O–H groups in total.